The average Bonchev–Trinajstić information content (AvgIpc) is 3.24. The number of amides is 6. The van der Waals surface area contributed by atoms with Gasteiger partial charge in [-0.15, -0.1) is 0 Å². The summed E-state index contributed by atoms with van der Waals surface area (Å²) in [6.45, 7) is -0.341. The molecule has 14 nitrogen and oxygen atoms in total. The molecule has 2 aromatic carbocycles. The van der Waals surface area contributed by atoms with E-state index in [0.29, 0.717) is 11.5 Å². The molecule has 232 valence electrons. The molecule has 1 saturated heterocycles. The van der Waals surface area contributed by atoms with Crippen LogP contribution in [0.4, 0.5) is 15.3 Å². The molecule has 16 heteroatoms. The number of ether oxygens (including phenoxy) is 2. The summed E-state index contributed by atoms with van der Waals surface area (Å²) in [4.78, 5) is 87.6. The van der Waals surface area contributed by atoms with E-state index in [1.807, 2.05) is 6.07 Å². The first-order valence-electron chi connectivity index (χ1n) is 13.4. The van der Waals surface area contributed by atoms with Gasteiger partial charge in [-0.2, -0.15) is 0 Å². The number of carboxylic acid groups (broad SMARTS) is 1. The van der Waals surface area contributed by atoms with Crippen molar-refractivity contribution >= 4 is 69.1 Å². The maximum absolute atomic E-state index is 13.1. The summed E-state index contributed by atoms with van der Waals surface area (Å²) in [5.41, 5.74) is 0.778. The molecule has 0 radical (unpaired) electrons. The highest BCUT2D eigenvalue weighted by molar-refractivity contribution is 8.76. The van der Waals surface area contributed by atoms with Gasteiger partial charge in [0.25, 0.3) is 11.8 Å². The van der Waals surface area contributed by atoms with Gasteiger partial charge >= 0.3 is 18.2 Å². The van der Waals surface area contributed by atoms with E-state index in [4.69, 9.17) is 14.6 Å². The number of hydrogen-bond acceptors (Lipinski definition) is 11. The van der Waals surface area contributed by atoms with Crippen LogP contribution >= 0.6 is 21.6 Å². The van der Waals surface area contributed by atoms with Crippen LogP contribution in [0.3, 0.4) is 0 Å². The van der Waals surface area contributed by atoms with E-state index < -0.39 is 54.4 Å². The fourth-order valence-electron chi connectivity index (χ4n) is 4.46. The lowest BCUT2D eigenvalue weighted by Gasteiger charge is -2.27. The second kappa shape index (κ2) is 15.2. The molecule has 1 fully saturated rings. The van der Waals surface area contributed by atoms with Crippen LogP contribution in [0.15, 0.2) is 48.5 Å². The fourth-order valence-corrected chi connectivity index (χ4v) is 6.11. The summed E-state index contributed by atoms with van der Waals surface area (Å²) in [6, 6.07) is 12.1. The van der Waals surface area contributed by atoms with E-state index in [9.17, 15) is 33.6 Å². The normalized spacial score (nSPS) is 15.8. The largest absolute Gasteiger partial charge is 0.480 e. The molecular weight excluding hydrogens is 616 g/mol. The SMILES string of the molecule is O=C(O)CN(Cc1ccccc1)C(=O)OCCSSCCOC(=O)Nc1cccc2c1C(=O)N(C1CCC(=O)NC1=O)C2=O. The van der Waals surface area contributed by atoms with Gasteiger partial charge < -0.3 is 14.6 Å². The van der Waals surface area contributed by atoms with Crippen molar-refractivity contribution in [3.63, 3.8) is 0 Å². The summed E-state index contributed by atoms with van der Waals surface area (Å²) in [5.74, 6) is -3.02. The number of hydrogen-bond donors (Lipinski definition) is 3. The number of carbonyl (C=O) groups is 7. The molecule has 2 aliphatic heterocycles. The molecule has 0 aliphatic carbocycles. The zero-order valence-electron chi connectivity index (χ0n) is 23.2. The first-order valence-corrected chi connectivity index (χ1v) is 15.8. The highest BCUT2D eigenvalue weighted by Gasteiger charge is 2.45. The Bertz CT molecular complexity index is 1460. The lowest BCUT2D eigenvalue weighted by atomic mass is 10.0. The van der Waals surface area contributed by atoms with Crippen LogP contribution in [0.1, 0.15) is 39.1 Å². The van der Waals surface area contributed by atoms with Crippen LogP contribution in [0.5, 0.6) is 0 Å². The second-order valence-corrected chi connectivity index (χ2v) is 12.1. The van der Waals surface area contributed by atoms with Gasteiger partial charge in [0.2, 0.25) is 11.8 Å². The van der Waals surface area contributed by atoms with Crippen molar-refractivity contribution in [1.29, 1.82) is 0 Å². The molecule has 2 aromatic rings. The Hall–Kier alpha value is -4.57. The number of nitrogens with one attached hydrogen (secondary N) is 2. The zero-order valence-corrected chi connectivity index (χ0v) is 24.8. The van der Waals surface area contributed by atoms with Gasteiger partial charge in [-0.25, -0.2) is 9.59 Å². The fraction of sp³-hybridized carbons (Fsp3) is 0.321. The molecule has 3 N–H and O–H groups in total. The summed E-state index contributed by atoms with van der Waals surface area (Å²) < 4.78 is 10.4. The number of benzene rings is 2. The number of aliphatic carboxylic acids is 1. The van der Waals surface area contributed by atoms with Crippen LogP contribution in [-0.2, 0) is 30.4 Å². The number of carboxylic acids is 1. The number of piperidine rings is 1. The first kappa shape index (κ1) is 32.3. The van der Waals surface area contributed by atoms with Crippen LogP contribution in [0.2, 0.25) is 0 Å². The Morgan fingerprint density at radius 1 is 0.955 bits per heavy atom. The average molecular weight is 645 g/mol. The number of rotatable bonds is 13. The standard InChI is InChI=1S/C28H28N4O10S2/c33-21-10-9-20(24(36)30-21)32-25(37)18-7-4-8-19(23(18)26(32)38)29-27(39)41-11-13-43-44-14-12-42-28(40)31(16-22(34)35)15-17-5-2-1-3-6-17/h1-8,20H,9-16H2,(H,29,39)(H,34,35)(H,30,33,36). The van der Waals surface area contributed by atoms with E-state index >= 15 is 0 Å². The number of anilines is 1. The quantitative estimate of drug-likeness (QED) is 0.165. The maximum Gasteiger partial charge on any atom is 0.411 e. The van der Waals surface area contributed by atoms with Gasteiger partial charge in [0, 0.05) is 24.5 Å². The molecule has 0 bridgehead atoms. The van der Waals surface area contributed by atoms with Crippen LogP contribution in [0, 0.1) is 0 Å². The highest BCUT2D eigenvalue weighted by atomic mass is 33.1. The summed E-state index contributed by atoms with van der Waals surface area (Å²) >= 11 is 0. The topological polar surface area (TPSA) is 189 Å². The predicted octanol–water partition coefficient (Wildman–Crippen LogP) is 2.74. The minimum Gasteiger partial charge on any atom is -0.480 e. The molecule has 4 rings (SSSR count). The van der Waals surface area contributed by atoms with Crippen LogP contribution in [0.25, 0.3) is 0 Å². The molecule has 0 saturated carbocycles. The summed E-state index contributed by atoms with van der Waals surface area (Å²) in [5, 5.41) is 13.7. The minimum atomic E-state index is -1.15. The lowest BCUT2D eigenvalue weighted by Crippen LogP contribution is -2.54. The van der Waals surface area contributed by atoms with Crippen molar-refractivity contribution in [2.45, 2.75) is 25.4 Å². The third-order valence-corrected chi connectivity index (χ3v) is 8.71. The van der Waals surface area contributed by atoms with E-state index in [1.165, 1.54) is 39.8 Å². The van der Waals surface area contributed by atoms with Crippen LogP contribution < -0.4 is 10.6 Å². The van der Waals surface area contributed by atoms with Gasteiger partial charge in [-0.1, -0.05) is 58.0 Å². The molecule has 1 atom stereocenters. The maximum atomic E-state index is 13.1. The third-order valence-electron chi connectivity index (χ3n) is 6.38. The Labute approximate surface area is 259 Å². The van der Waals surface area contributed by atoms with Gasteiger partial charge in [0.05, 0.1) is 16.8 Å². The molecule has 1 unspecified atom stereocenters. The first-order chi connectivity index (χ1) is 21.2. The van der Waals surface area contributed by atoms with Crippen molar-refractivity contribution in [2.24, 2.45) is 0 Å². The van der Waals surface area contributed by atoms with E-state index in [2.05, 4.69) is 10.6 Å². The minimum absolute atomic E-state index is 0.0104. The van der Waals surface area contributed by atoms with Gasteiger partial charge in [-0.3, -0.25) is 44.4 Å². The van der Waals surface area contributed by atoms with Crippen molar-refractivity contribution in [3.05, 3.63) is 65.2 Å². The van der Waals surface area contributed by atoms with Crippen LogP contribution in [-0.4, -0.2) is 94.0 Å². The van der Waals surface area contributed by atoms with Crippen molar-refractivity contribution < 1.29 is 48.1 Å². The molecule has 6 amide bonds. The Balaban J connectivity index is 1.16. The lowest BCUT2D eigenvalue weighted by molar-refractivity contribution is -0.138. The zero-order chi connectivity index (χ0) is 31.6. The smallest absolute Gasteiger partial charge is 0.411 e. The highest BCUT2D eigenvalue weighted by Crippen LogP contribution is 2.32. The molecule has 2 heterocycles. The van der Waals surface area contributed by atoms with Crippen molar-refractivity contribution in [2.75, 3.05) is 36.6 Å². The van der Waals surface area contributed by atoms with E-state index in [-0.39, 0.29) is 49.4 Å². The molecule has 0 spiro atoms. The predicted molar refractivity (Wildman–Crippen MR) is 159 cm³/mol. The molecule has 44 heavy (non-hydrogen) atoms. The number of nitrogens with zero attached hydrogens (tertiary/aromatic N) is 2. The Morgan fingerprint density at radius 2 is 1.66 bits per heavy atom. The molecule has 0 aromatic heterocycles. The molecular formula is C28H28N4O10S2. The van der Waals surface area contributed by atoms with Gasteiger partial charge in [0.1, 0.15) is 25.8 Å². The Kier molecular flexibility index (Phi) is 11.2. The van der Waals surface area contributed by atoms with Crippen molar-refractivity contribution in [3.8, 4) is 0 Å². The summed E-state index contributed by atoms with van der Waals surface area (Å²) in [7, 11) is 2.72. The number of carbonyl (C=O) groups excluding carboxylic acids is 6. The van der Waals surface area contributed by atoms with E-state index in [1.54, 1.807) is 24.3 Å². The monoisotopic (exact) mass is 644 g/mol. The van der Waals surface area contributed by atoms with Gasteiger partial charge in [-0.05, 0) is 24.1 Å². The number of fused-ring (bicyclic) bond motifs is 1. The van der Waals surface area contributed by atoms with E-state index in [0.717, 1.165) is 15.4 Å². The number of imide groups is 2. The second-order valence-electron chi connectivity index (χ2n) is 9.43. The van der Waals surface area contributed by atoms with Crippen molar-refractivity contribution in [1.82, 2.24) is 15.1 Å². The van der Waals surface area contributed by atoms with Gasteiger partial charge in [0.15, 0.2) is 0 Å². The third kappa shape index (κ3) is 8.29. The Morgan fingerprint density at radius 3 is 2.34 bits per heavy atom. The molecule has 2 aliphatic rings. The summed E-state index contributed by atoms with van der Waals surface area (Å²) in [6.07, 6.45) is -1.59.